The van der Waals surface area contributed by atoms with Crippen LogP contribution in [0.4, 0.5) is 0 Å². The van der Waals surface area contributed by atoms with E-state index in [0.29, 0.717) is 11.3 Å². The number of hydrogen-bond acceptors (Lipinski definition) is 3. The van der Waals surface area contributed by atoms with E-state index in [-0.39, 0.29) is 5.54 Å². The zero-order chi connectivity index (χ0) is 13.1. The van der Waals surface area contributed by atoms with Gasteiger partial charge < -0.3 is 10.5 Å². The summed E-state index contributed by atoms with van der Waals surface area (Å²) < 4.78 is 5.24. The van der Waals surface area contributed by atoms with Crippen molar-refractivity contribution in [3.63, 3.8) is 0 Å². The van der Waals surface area contributed by atoms with Crippen molar-refractivity contribution in [2.24, 2.45) is 17.1 Å². The van der Waals surface area contributed by atoms with Gasteiger partial charge in [-0.05, 0) is 31.1 Å². The summed E-state index contributed by atoms with van der Waals surface area (Å²) in [6, 6.07) is 0. The highest BCUT2D eigenvalue weighted by atomic mass is 16.5. The molecule has 1 atom stereocenters. The number of methoxy groups -OCH3 is 1. The third kappa shape index (κ3) is 3.21. The Kier molecular flexibility index (Phi) is 4.99. The molecule has 3 heteroatoms. The molecule has 3 nitrogen and oxygen atoms in total. The molecular weight excluding hydrogens is 212 g/mol. The lowest BCUT2D eigenvalue weighted by atomic mass is 9.81. The van der Waals surface area contributed by atoms with E-state index < -0.39 is 0 Å². The number of ether oxygens (including phenoxy) is 1. The van der Waals surface area contributed by atoms with Crippen molar-refractivity contribution >= 4 is 0 Å². The van der Waals surface area contributed by atoms with Crippen LogP contribution in [0.1, 0.15) is 40.5 Å². The molecule has 2 N–H and O–H groups in total. The summed E-state index contributed by atoms with van der Waals surface area (Å²) in [5, 5.41) is 0. The van der Waals surface area contributed by atoms with Gasteiger partial charge in [0.1, 0.15) is 0 Å². The molecule has 1 aliphatic carbocycles. The van der Waals surface area contributed by atoms with Crippen LogP contribution in [-0.2, 0) is 4.74 Å². The first-order valence-electron chi connectivity index (χ1n) is 6.83. The molecule has 0 saturated heterocycles. The van der Waals surface area contributed by atoms with Crippen LogP contribution < -0.4 is 5.73 Å². The fourth-order valence-electron chi connectivity index (χ4n) is 2.67. The second-order valence-electron chi connectivity index (χ2n) is 6.37. The molecule has 1 saturated carbocycles. The van der Waals surface area contributed by atoms with Gasteiger partial charge in [0, 0.05) is 32.3 Å². The molecule has 1 fully saturated rings. The van der Waals surface area contributed by atoms with Gasteiger partial charge in [0.25, 0.3) is 0 Å². The van der Waals surface area contributed by atoms with Gasteiger partial charge in [-0.25, -0.2) is 0 Å². The Bertz CT molecular complexity index is 238. The summed E-state index contributed by atoms with van der Waals surface area (Å²) in [7, 11) is 1.77. The summed E-state index contributed by atoms with van der Waals surface area (Å²) >= 11 is 0. The lowest BCUT2D eigenvalue weighted by Crippen LogP contribution is -2.58. The van der Waals surface area contributed by atoms with Gasteiger partial charge in [0.15, 0.2) is 0 Å². The van der Waals surface area contributed by atoms with Gasteiger partial charge in [-0.3, -0.25) is 4.90 Å². The van der Waals surface area contributed by atoms with Crippen LogP contribution in [0.2, 0.25) is 0 Å². The third-order valence-corrected chi connectivity index (χ3v) is 4.55. The van der Waals surface area contributed by atoms with Gasteiger partial charge in [-0.1, -0.05) is 20.8 Å². The van der Waals surface area contributed by atoms with Crippen LogP contribution in [-0.4, -0.2) is 43.8 Å². The molecule has 0 bridgehead atoms. The fourth-order valence-corrected chi connectivity index (χ4v) is 2.67. The minimum atomic E-state index is 0.121. The van der Waals surface area contributed by atoms with E-state index in [1.807, 2.05) is 0 Å². The normalized spacial score (nSPS) is 21.9. The molecule has 0 aliphatic heterocycles. The predicted molar refractivity (Wildman–Crippen MR) is 73.1 cm³/mol. The number of nitrogens with zero attached hydrogens (tertiary/aromatic N) is 1. The maximum absolute atomic E-state index is 6.10. The average molecular weight is 242 g/mol. The molecule has 0 spiro atoms. The molecule has 0 radical (unpaired) electrons. The van der Waals surface area contributed by atoms with Crippen molar-refractivity contribution in [1.82, 2.24) is 4.90 Å². The predicted octanol–water partition coefficient (Wildman–Crippen LogP) is 2.11. The zero-order valence-electron chi connectivity index (χ0n) is 12.3. The highest BCUT2D eigenvalue weighted by Gasteiger charge is 2.54. The number of rotatable bonds is 8. The minimum Gasteiger partial charge on any atom is -0.383 e. The van der Waals surface area contributed by atoms with E-state index in [0.717, 1.165) is 26.2 Å². The minimum absolute atomic E-state index is 0.121. The van der Waals surface area contributed by atoms with Crippen LogP contribution in [0, 0.1) is 11.3 Å². The smallest absolute Gasteiger partial charge is 0.0589 e. The van der Waals surface area contributed by atoms with Gasteiger partial charge in [0.05, 0.1) is 6.61 Å². The fraction of sp³-hybridized carbons (Fsp3) is 1.00. The van der Waals surface area contributed by atoms with E-state index in [1.54, 1.807) is 7.11 Å². The van der Waals surface area contributed by atoms with Crippen molar-refractivity contribution in [3.8, 4) is 0 Å². The second kappa shape index (κ2) is 5.68. The Hall–Kier alpha value is -0.120. The largest absolute Gasteiger partial charge is 0.383 e. The summed E-state index contributed by atoms with van der Waals surface area (Å²) in [5.41, 5.74) is 6.63. The molecule has 0 aromatic carbocycles. The summed E-state index contributed by atoms with van der Waals surface area (Å²) in [4.78, 5) is 2.55. The molecule has 0 heterocycles. The number of hydrogen-bond donors (Lipinski definition) is 1. The van der Waals surface area contributed by atoms with Crippen LogP contribution >= 0.6 is 0 Å². The zero-order valence-corrected chi connectivity index (χ0v) is 12.3. The lowest BCUT2D eigenvalue weighted by molar-refractivity contribution is 0.0171. The molecule has 17 heavy (non-hydrogen) atoms. The topological polar surface area (TPSA) is 38.5 Å². The Morgan fingerprint density at radius 1 is 1.41 bits per heavy atom. The Morgan fingerprint density at radius 3 is 2.35 bits per heavy atom. The quantitative estimate of drug-likeness (QED) is 0.708. The average Bonchev–Trinajstić information content (AvgIpc) is 3.02. The Balaban J connectivity index is 2.77. The van der Waals surface area contributed by atoms with Crippen LogP contribution in [0.15, 0.2) is 0 Å². The molecule has 0 aromatic rings. The van der Waals surface area contributed by atoms with E-state index in [9.17, 15) is 0 Å². The Labute approximate surface area is 107 Å². The maximum atomic E-state index is 6.10. The molecule has 102 valence electrons. The molecule has 0 aromatic heterocycles. The molecule has 1 rings (SSSR count). The second-order valence-corrected chi connectivity index (χ2v) is 6.37. The Morgan fingerprint density at radius 2 is 2.00 bits per heavy atom. The highest BCUT2D eigenvalue weighted by Crippen LogP contribution is 2.55. The summed E-state index contributed by atoms with van der Waals surface area (Å²) in [5.74, 6) is 0.667. The molecule has 1 aliphatic rings. The van der Waals surface area contributed by atoms with Gasteiger partial charge in [0.2, 0.25) is 0 Å². The van der Waals surface area contributed by atoms with Crippen molar-refractivity contribution in [2.45, 2.75) is 46.1 Å². The van der Waals surface area contributed by atoms with Gasteiger partial charge in [-0.2, -0.15) is 0 Å². The summed E-state index contributed by atoms with van der Waals surface area (Å²) in [6.07, 6.45) is 2.62. The van der Waals surface area contributed by atoms with Gasteiger partial charge in [-0.15, -0.1) is 0 Å². The van der Waals surface area contributed by atoms with Crippen molar-refractivity contribution in [2.75, 3.05) is 33.4 Å². The third-order valence-electron chi connectivity index (χ3n) is 4.55. The van der Waals surface area contributed by atoms with Crippen LogP contribution in [0.5, 0.6) is 0 Å². The summed E-state index contributed by atoms with van der Waals surface area (Å²) in [6.45, 7) is 12.9. The first-order chi connectivity index (χ1) is 7.89. The first kappa shape index (κ1) is 14.9. The number of nitrogens with two attached hydrogens (primary N) is 1. The molecule has 0 amide bonds. The highest BCUT2D eigenvalue weighted by molar-refractivity contribution is 5.09. The van der Waals surface area contributed by atoms with E-state index in [4.69, 9.17) is 10.5 Å². The first-order valence-corrected chi connectivity index (χ1v) is 6.83. The van der Waals surface area contributed by atoms with E-state index in [1.165, 1.54) is 12.8 Å². The lowest BCUT2D eigenvalue weighted by Gasteiger charge is -2.46. The molecule has 1 unspecified atom stereocenters. The van der Waals surface area contributed by atoms with Crippen molar-refractivity contribution in [3.05, 3.63) is 0 Å². The molecular formula is C14H30N2O. The maximum Gasteiger partial charge on any atom is 0.0589 e. The SMILES string of the molecule is COCCN(CC(C)C)C(C)(CN)C1(C)CC1. The van der Waals surface area contributed by atoms with Crippen molar-refractivity contribution < 1.29 is 4.74 Å². The van der Waals surface area contributed by atoms with Crippen LogP contribution in [0.3, 0.4) is 0 Å². The monoisotopic (exact) mass is 242 g/mol. The van der Waals surface area contributed by atoms with E-state index >= 15 is 0 Å². The van der Waals surface area contributed by atoms with Crippen molar-refractivity contribution in [1.29, 1.82) is 0 Å². The van der Waals surface area contributed by atoms with Crippen LogP contribution in [0.25, 0.3) is 0 Å². The van der Waals surface area contributed by atoms with Gasteiger partial charge >= 0.3 is 0 Å². The standard InChI is InChI=1S/C14H30N2O/c1-12(2)10-16(8-9-17-5)14(4,11-15)13(3)6-7-13/h12H,6-11,15H2,1-5H3. The van der Waals surface area contributed by atoms with E-state index in [2.05, 4.69) is 32.6 Å².